The largest absolute Gasteiger partial charge is 0.314 e. The molecule has 0 bridgehead atoms. The maximum absolute atomic E-state index is 4.19. The summed E-state index contributed by atoms with van der Waals surface area (Å²) in [4.78, 5) is 6.61. The van der Waals surface area contributed by atoms with Gasteiger partial charge in [0.2, 0.25) is 0 Å². The van der Waals surface area contributed by atoms with E-state index in [1.807, 2.05) is 12.4 Å². The number of nitrogens with zero attached hydrogens (tertiary/aromatic N) is 2. The van der Waals surface area contributed by atoms with Gasteiger partial charge in [-0.25, -0.2) is 0 Å². The van der Waals surface area contributed by atoms with E-state index in [1.54, 1.807) is 0 Å². The average molecular weight is 227 g/mol. The molecule has 1 atom stereocenters. The summed E-state index contributed by atoms with van der Waals surface area (Å²) in [5.74, 6) is 0. The Morgan fingerprint density at radius 2 is 2.29 bits per heavy atom. The van der Waals surface area contributed by atoms with E-state index in [0.717, 1.165) is 19.6 Å². The van der Waals surface area contributed by atoms with Crippen LogP contribution in [-0.4, -0.2) is 36.6 Å². The third-order valence-corrected chi connectivity index (χ3v) is 3.58. The number of piperazine rings is 1. The third kappa shape index (κ3) is 1.92. The summed E-state index contributed by atoms with van der Waals surface area (Å²) in [5.41, 5.74) is 1.40. The molecule has 1 unspecified atom stereocenters. The average Bonchev–Trinajstić information content (AvgIpc) is 2.39. The number of benzene rings is 1. The molecule has 2 aromatic rings. The van der Waals surface area contributed by atoms with Gasteiger partial charge < -0.3 is 5.32 Å². The van der Waals surface area contributed by atoms with Crippen LogP contribution in [0.2, 0.25) is 0 Å². The van der Waals surface area contributed by atoms with E-state index in [2.05, 4.69) is 46.5 Å². The highest BCUT2D eigenvalue weighted by Gasteiger charge is 2.21. The minimum atomic E-state index is 0.467. The molecule has 1 N–H and O–H groups in total. The number of pyridine rings is 1. The van der Waals surface area contributed by atoms with E-state index in [-0.39, 0.29) is 0 Å². The zero-order valence-electron chi connectivity index (χ0n) is 10.1. The SMILES string of the molecule is CN1CCNCC1c1cccc2cnccc12. The monoisotopic (exact) mass is 227 g/mol. The normalized spacial score (nSPS) is 21.8. The first-order valence-electron chi connectivity index (χ1n) is 6.10. The van der Waals surface area contributed by atoms with Gasteiger partial charge in [-0.05, 0) is 24.1 Å². The molecule has 1 fully saturated rings. The fourth-order valence-corrected chi connectivity index (χ4v) is 2.59. The predicted molar refractivity (Wildman–Crippen MR) is 70.0 cm³/mol. The van der Waals surface area contributed by atoms with Crippen LogP contribution in [0.1, 0.15) is 11.6 Å². The number of aromatic nitrogens is 1. The van der Waals surface area contributed by atoms with Crippen molar-refractivity contribution in [2.45, 2.75) is 6.04 Å². The molecule has 1 aromatic carbocycles. The zero-order valence-corrected chi connectivity index (χ0v) is 10.1. The van der Waals surface area contributed by atoms with Gasteiger partial charge in [-0.3, -0.25) is 9.88 Å². The molecule has 2 heterocycles. The van der Waals surface area contributed by atoms with Crippen LogP contribution in [0.3, 0.4) is 0 Å². The van der Waals surface area contributed by atoms with Crippen molar-refractivity contribution < 1.29 is 0 Å². The second kappa shape index (κ2) is 4.43. The van der Waals surface area contributed by atoms with Gasteiger partial charge in [0.15, 0.2) is 0 Å². The minimum absolute atomic E-state index is 0.467. The van der Waals surface area contributed by atoms with E-state index < -0.39 is 0 Å². The second-order valence-corrected chi connectivity index (χ2v) is 4.64. The van der Waals surface area contributed by atoms with Gasteiger partial charge in [-0.1, -0.05) is 18.2 Å². The maximum Gasteiger partial charge on any atom is 0.0476 e. The van der Waals surface area contributed by atoms with Crippen LogP contribution >= 0.6 is 0 Å². The van der Waals surface area contributed by atoms with Crippen LogP contribution in [0.15, 0.2) is 36.7 Å². The van der Waals surface area contributed by atoms with Gasteiger partial charge in [-0.15, -0.1) is 0 Å². The van der Waals surface area contributed by atoms with Crippen LogP contribution in [0.4, 0.5) is 0 Å². The predicted octanol–water partition coefficient (Wildman–Crippen LogP) is 1.81. The third-order valence-electron chi connectivity index (χ3n) is 3.58. The van der Waals surface area contributed by atoms with Crippen LogP contribution in [0.25, 0.3) is 10.8 Å². The standard InChI is InChI=1S/C14H17N3/c1-17-8-7-16-10-14(17)13-4-2-3-11-9-15-6-5-12(11)13/h2-6,9,14,16H,7-8,10H2,1H3. The summed E-state index contributed by atoms with van der Waals surface area (Å²) in [6, 6.07) is 9.07. The number of nitrogens with one attached hydrogen (secondary N) is 1. The molecule has 3 nitrogen and oxygen atoms in total. The number of hydrogen-bond acceptors (Lipinski definition) is 3. The number of fused-ring (bicyclic) bond motifs is 1. The first-order valence-corrected chi connectivity index (χ1v) is 6.10. The lowest BCUT2D eigenvalue weighted by Crippen LogP contribution is -2.43. The lowest BCUT2D eigenvalue weighted by molar-refractivity contribution is 0.203. The molecule has 1 aliphatic heterocycles. The van der Waals surface area contributed by atoms with E-state index in [1.165, 1.54) is 16.3 Å². The van der Waals surface area contributed by atoms with Gasteiger partial charge >= 0.3 is 0 Å². The number of hydrogen-bond donors (Lipinski definition) is 1. The summed E-state index contributed by atoms with van der Waals surface area (Å²) < 4.78 is 0. The van der Waals surface area contributed by atoms with Gasteiger partial charge in [0.25, 0.3) is 0 Å². The van der Waals surface area contributed by atoms with Crippen molar-refractivity contribution in [1.29, 1.82) is 0 Å². The second-order valence-electron chi connectivity index (χ2n) is 4.64. The van der Waals surface area contributed by atoms with Crippen molar-refractivity contribution in [2.24, 2.45) is 0 Å². The van der Waals surface area contributed by atoms with E-state index in [4.69, 9.17) is 0 Å². The molecule has 1 aliphatic rings. The molecular formula is C14H17N3. The van der Waals surface area contributed by atoms with E-state index in [9.17, 15) is 0 Å². The Labute approximate surface area is 101 Å². The number of rotatable bonds is 1. The van der Waals surface area contributed by atoms with Crippen molar-refractivity contribution in [3.05, 3.63) is 42.2 Å². The Morgan fingerprint density at radius 1 is 1.35 bits per heavy atom. The Kier molecular flexibility index (Phi) is 2.79. The molecule has 0 radical (unpaired) electrons. The van der Waals surface area contributed by atoms with Gasteiger partial charge in [0, 0.05) is 43.5 Å². The van der Waals surface area contributed by atoms with Crippen LogP contribution in [0.5, 0.6) is 0 Å². The molecule has 3 heteroatoms. The summed E-state index contributed by atoms with van der Waals surface area (Å²) in [5, 5.41) is 6.02. The molecule has 17 heavy (non-hydrogen) atoms. The molecule has 3 rings (SSSR count). The summed E-state index contributed by atoms with van der Waals surface area (Å²) in [6.45, 7) is 3.21. The topological polar surface area (TPSA) is 28.2 Å². The fraction of sp³-hybridized carbons (Fsp3) is 0.357. The summed E-state index contributed by atoms with van der Waals surface area (Å²) in [7, 11) is 2.20. The van der Waals surface area contributed by atoms with Gasteiger partial charge in [0.1, 0.15) is 0 Å². The molecular weight excluding hydrogens is 210 g/mol. The van der Waals surface area contributed by atoms with Gasteiger partial charge in [-0.2, -0.15) is 0 Å². The van der Waals surface area contributed by atoms with Crippen molar-refractivity contribution in [3.63, 3.8) is 0 Å². The fourth-order valence-electron chi connectivity index (χ4n) is 2.59. The van der Waals surface area contributed by atoms with Gasteiger partial charge in [0.05, 0.1) is 0 Å². The first kappa shape index (κ1) is 10.7. The lowest BCUT2D eigenvalue weighted by atomic mass is 9.98. The van der Waals surface area contributed by atoms with Crippen LogP contribution in [0, 0.1) is 0 Å². The molecule has 0 amide bonds. The Balaban J connectivity index is 2.10. The quantitative estimate of drug-likeness (QED) is 0.805. The smallest absolute Gasteiger partial charge is 0.0476 e. The lowest BCUT2D eigenvalue weighted by Gasteiger charge is -2.34. The van der Waals surface area contributed by atoms with Crippen molar-refractivity contribution in [2.75, 3.05) is 26.7 Å². The van der Waals surface area contributed by atoms with Crippen LogP contribution in [-0.2, 0) is 0 Å². The highest BCUT2D eigenvalue weighted by Crippen LogP contribution is 2.27. The molecule has 1 saturated heterocycles. The van der Waals surface area contributed by atoms with Crippen molar-refractivity contribution in [3.8, 4) is 0 Å². The summed E-state index contributed by atoms with van der Waals surface area (Å²) >= 11 is 0. The Morgan fingerprint density at radius 3 is 3.18 bits per heavy atom. The molecule has 0 aliphatic carbocycles. The molecule has 0 spiro atoms. The number of likely N-dealkylation sites (N-methyl/N-ethyl adjacent to an activating group) is 1. The zero-order chi connectivity index (χ0) is 11.7. The Bertz CT molecular complexity index is 518. The van der Waals surface area contributed by atoms with E-state index >= 15 is 0 Å². The highest BCUT2D eigenvalue weighted by atomic mass is 15.2. The Hall–Kier alpha value is -1.45. The molecule has 1 aromatic heterocycles. The van der Waals surface area contributed by atoms with Crippen LogP contribution < -0.4 is 5.32 Å². The summed E-state index contributed by atoms with van der Waals surface area (Å²) in [6.07, 6.45) is 3.82. The van der Waals surface area contributed by atoms with Crippen molar-refractivity contribution in [1.82, 2.24) is 15.2 Å². The highest BCUT2D eigenvalue weighted by molar-refractivity contribution is 5.85. The molecule has 88 valence electrons. The molecule has 0 saturated carbocycles. The maximum atomic E-state index is 4.19. The van der Waals surface area contributed by atoms with Crippen molar-refractivity contribution >= 4 is 10.8 Å². The van der Waals surface area contributed by atoms with E-state index in [0.29, 0.717) is 6.04 Å². The minimum Gasteiger partial charge on any atom is -0.314 e. The first-order chi connectivity index (χ1) is 8.36.